The second-order valence-corrected chi connectivity index (χ2v) is 6.76. The van der Waals surface area contributed by atoms with Gasteiger partial charge < -0.3 is 20.5 Å². The van der Waals surface area contributed by atoms with E-state index in [2.05, 4.69) is 38.1 Å². The van der Waals surface area contributed by atoms with Crippen LogP contribution < -0.4 is 20.5 Å². The van der Waals surface area contributed by atoms with Crippen LogP contribution in [-0.4, -0.2) is 16.6 Å². The number of halogens is 1. The van der Waals surface area contributed by atoms with Gasteiger partial charge in [0.15, 0.2) is 5.82 Å². The van der Waals surface area contributed by atoms with Crippen molar-refractivity contribution in [3.63, 3.8) is 0 Å². The number of unbranched alkanes of at least 4 members (excludes halogenated alkanes) is 1. The molecule has 3 rings (SSSR count). The summed E-state index contributed by atoms with van der Waals surface area (Å²) < 4.78 is 12.4. The smallest absolute Gasteiger partial charge is 0.248 e. The average Bonchev–Trinajstić information content (AvgIpc) is 2.68. The third-order valence-electron chi connectivity index (χ3n) is 3.76. The number of nitrogens with one attached hydrogen (secondary N) is 1. The molecular formula is C20H21BrN4O2. The second kappa shape index (κ2) is 9.23. The van der Waals surface area contributed by atoms with E-state index in [1.165, 1.54) is 6.33 Å². The molecule has 0 atom stereocenters. The predicted molar refractivity (Wildman–Crippen MR) is 111 cm³/mol. The molecular weight excluding hydrogens is 408 g/mol. The lowest BCUT2D eigenvalue weighted by atomic mass is 10.3. The SMILES string of the molecule is CCCCOc1ccc(Nc2ncnc(Oc3ccc(Br)cc3)c2N)cc1. The van der Waals surface area contributed by atoms with E-state index in [1.807, 2.05) is 48.5 Å². The normalized spacial score (nSPS) is 10.4. The number of hydrogen-bond acceptors (Lipinski definition) is 6. The standard InChI is InChI=1S/C20H21BrN4O2/c1-2-3-12-26-16-10-6-15(7-11-16)25-19-18(22)20(24-13-23-19)27-17-8-4-14(21)5-9-17/h4-11,13H,2-3,12,22H2,1H3,(H,23,24,25). The van der Waals surface area contributed by atoms with Gasteiger partial charge in [-0.05, 0) is 55.0 Å². The Bertz CT molecular complexity index is 870. The van der Waals surface area contributed by atoms with Crippen LogP contribution in [0, 0.1) is 0 Å². The fraction of sp³-hybridized carbons (Fsp3) is 0.200. The van der Waals surface area contributed by atoms with Crippen LogP contribution in [0.5, 0.6) is 17.4 Å². The lowest BCUT2D eigenvalue weighted by molar-refractivity contribution is 0.309. The van der Waals surface area contributed by atoms with Crippen LogP contribution in [0.1, 0.15) is 19.8 Å². The van der Waals surface area contributed by atoms with E-state index in [0.717, 1.165) is 35.4 Å². The molecule has 0 aliphatic heterocycles. The third-order valence-corrected chi connectivity index (χ3v) is 4.29. The molecule has 7 heteroatoms. The number of rotatable bonds is 8. The summed E-state index contributed by atoms with van der Waals surface area (Å²) in [5.41, 5.74) is 7.36. The molecule has 0 fully saturated rings. The highest BCUT2D eigenvalue weighted by molar-refractivity contribution is 9.10. The van der Waals surface area contributed by atoms with Gasteiger partial charge in [0.05, 0.1) is 6.61 Å². The Morgan fingerprint density at radius 3 is 2.41 bits per heavy atom. The summed E-state index contributed by atoms with van der Waals surface area (Å²) in [6.07, 6.45) is 3.56. The first-order chi connectivity index (χ1) is 13.2. The maximum absolute atomic E-state index is 6.17. The lowest BCUT2D eigenvalue weighted by Crippen LogP contribution is -2.03. The number of ether oxygens (including phenoxy) is 2. The van der Waals surface area contributed by atoms with Gasteiger partial charge in [0.2, 0.25) is 5.88 Å². The monoisotopic (exact) mass is 428 g/mol. The van der Waals surface area contributed by atoms with E-state index in [1.54, 1.807) is 0 Å². The summed E-state index contributed by atoms with van der Waals surface area (Å²) in [5, 5.41) is 3.18. The van der Waals surface area contributed by atoms with E-state index in [4.69, 9.17) is 15.2 Å². The van der Waals surface area contributed by atoms with Crippen molar-refractivity contribution in [2.75, 3.05) is 17.7 Å². The van der Waals surface area contributed by atoms with Crippen molar-refractivity contribution in [1.82, 2.24) is 9.97 Å². The molecule has 1 heterocycles. The molecule has 0 amide bonds. The number of nitrogens with two attached hydrogens (primary N) is 1. The molecule has 0 aliphatic carbocycles. The molecule has 6 nitrogen and oxygen atoms in total. The van der Waals surface area contributed by atoms with Gasteiger partial charge in [-0.15, -0.1) is 0 Å². The van der Waals surface area contributed by atoms with Crippen molar-refractivity contribution in [2.24, 2.45) is 0 Å². The van der Waals surface area contributed by atoms with Crippen LogP contribution in [-0.2, 0) is 0 Å². The molecule has 0 saturated heterocycles. The largest absolute Gasteiger partial charge is 0.494 e. The Labute approximate surface area is 166 Å². The predicted octanol–water partition coefficient (Wildman–Crippen LogP) is 5.54. The lowest BCUT2D eigenvalue weighted by Gasteiger charge is -2.12. The van der Waals surface area contributed by atoms with Crippen molar-refractivity contribution >= 4 is 33.1 Å². The summed E-state index contributed by atoms with van der Waals surface area (Å²) in [6.45, 7) is 2.86. The summed E-state index contributed by atoms with van der Waals surface area (Å²) >= 11 is 3.39. The second-order valence-electron chi connectivity index (χ2n) is 5.85. The summed E-state index contributed by atoms with van der Waals surface area (Å²) in [4.78, 5) is 8.33. The van der Waals surface area contributed by atoms with Gasteiger partial charge >= 0.3 is 0 Å². The number of hydrogen-bond donors (Lipinski definition) is 2. The Morgan fingerprint density at radius 2 is 1.70 bits per heavy atom. The molecule has 1 aromatic heterocycles. The number of nitrogens with zero attached hydrogens (tertiary/aromatic N) is 2. The minimum absolute atomic E-state index is 0.300. The molecule has 0 bridgehead atoms. The highest BCUT2D eigenvalue weighted by atomic mass is 79.9. The van der Waals surface area contributed by atoms with Crippen LogP contribution in [0.4, 0.5) is 17.2 Å². The number of anilines is 3. The van der Waals surface area contributed by atoms with Crippen LogP contribution in [0.25, 0.3) is 0 Å². The molecule has 3 N–H and O–H groups in total. The van der Waals surface area contributed by atoms with E-state index in [-0.39, 0.29) is 0 Å². The van der Waals surface area contributed by atoms with Crippen LogP contribution in [0.15, 0.2) is 59.3 Å². The van der Waals surface area contributed by atoms with Gasteiger partial charge in [0.1, 0.15) is 23.5 Å². The first-order valence-corrected chi connectivity index (χ1v) is 9.49. The minimum Gasteiger partial charge on any atom is -0.494 e. The number of nitrogen functional groups attached to an aromatic ring is 1. The quantitative estimate of drug-likeness (QED) is 0.458. The van der Waals surface area contributed by atoms with Crippen molar-refractivity contribution in [3.8, 4) is 17.4 Å². The van der Waals surface area contributed by atoms with Crippen molar-refractivity contribution in [1.29, 1.82) is 0 Å². The Balaban J connectivity index is 1.69. The number of aromatic nitrogens is 2. The zero-order chi connectivity index (χ0) is 19.1. The van der Waals surface area contributed by atoms with E-state index < -0.39 is 0 Å². The number of benzene rings is 2. The molecule has 0 aliphatic rings. The highest BCUT2D eigenvalue weighted by Gasteiger charge is 2.11. The van der Waals surface area contributed by atoms with Crippen molar-refractivity contribution in [3.05, 3.63) is 59.3 Å². The van der Waals surface area contributed by atoms with Gasteiger partial charge in [-0.3, -0.25) is 0 Å². The van der Waals surface area contributed by atoms with Gasteiger partial charge in [-0.1, -0.05) is 29.3 Å². The summed E-state index contributed by atoms with van der Waals surface area (Å²) in [6, 6.07) is 15.1. The molecule has 0 radical (unpaired) electrons. The summed E-state index contributed by atoms with van der Waals surface area (Å²) in [5.74, 6) is 2.26. The first-order valence-electron chi connectivity index (χ1n) is 8.69. The Kier molecular flexibility index (Phi) is 6.49. The molecule has 3 aromatic rings. The van der Waals surface area contributed by atoms with Crippen LogP contribution >= 0.6 is 15.9 Å². The van der Waals surface area contributed by atoms with Crippen molar-refractivity contribution in [2.45, 2.75) is 19.8 Å². The fourth-order valence-electron chi connectivity index (χ4n) is 2.28. The first kappa shape index (κ1) is 19.0. The molecule has 27 heavy (non-hydrogen) atoms. The molecule has 140 valence electrons. The van der Waals surface area contributed by atoms with Crippen LogP contribution in [0.3, 0.4) is 0 Å². The van der Waals surface area contributed by atoms with E-state index in [9.17, 15) is 0 Å². The van der Waals surface area contributed by atoms with Gasteiger partial charge in [0.25, 0.3) is 0 Å². The summed E-state index contributed by atoms with van der Waals surface area (Å²) in [7, 11) is 0. The fourth-order valence-corrected chi connectivity index (χ4v) is 2.54. The molecule has 0 unspecified atom stereocenters. The molecule has 0 saturated carbocycles. The highest BCUT2D eigenvalue weighted by Crippen LogP contribution is 2.31. The van der Waals surface area contributed by atoms with E-state index >= 15 is 0 Å². The van der Waals surface area contributed by atoms with Crippen LogP contribution in [0.2, 0.25) is 0 Å². The van der Waals surface area contributed by atoms with Gasteiger partial charge in [-0.25, -0.2) is 4.98 Å². The topological polar surface area (TPSA) is 82.3 Å². The molecule has 2 aromatic carbocycles. The minimum atomic E-state index is 0.300. The molecule has 0 spiro atoms. The maximum Gasteiger partial charge on any atom is 0.248 e. The van der Waals surface area contributed by atoms with Gasteiger partial charge in [-0.2, -0.15) is 4.98 Å². The average molecular weight is 429 g/mol. The Hall–Kier alpha value is -2.80. The maximum atomic E-state index is 6.17. The Morgan fingerprint density at radius 1 is 1.00 bits per heavy atom. The van der Waals surface area contributed by atoms with E-state index in [0.29, 0.717) is 23.1 Å². The van der Waals surface area contributed by atoms with Crippen molar-refractivity contribution < 1.29 is 9.47 Å². The zero-order valence-electron chi connectivity index (χ0n) is 15.0. The zero-order valence-corrected chi connectivity index (χ0v) is 16.6. The third kappa shape index (κ3) is 5.34. The van der Waals surface area contributed by atoms with Gasteiger partial charge in [0, 0.05) is 10.2 Å².